The van der Waals surface area contributed by atoms with Gasteiger partial charge in [0.15, 0.2) is 0 Å². The quantitative estimate of drug-likeness (QED) is 0.583. The highest BCUT2D eigenvalue weighted by atomic mass is 19.1. The molecule has 2 amide bonds. The highest BCUT2D eigenvalue weighted by molar-refractivity contribution is 5.95. The number of carbonyl (C=O) groups is 1. The van der Waals surface area contributed by atoms with Gasteiger partial charge in [-0.1, -0.05) is 24.3 Å². The molecule has 0 unspecified atom stereocenters. The minimum atomic E-state index is -0.328. The topological polar surface area (TPSA) is 75.7 Å². The smallest absolute Gasteiger partial charge is 0.325 e. The molecule has 8 heteroatoms. The van der Waals surface area contributed by atoms with Crippen molar-refractivity contribution in [2.45, 2.75) is 31.8 Å². The minimum Gasteiger partial charge on any atom is -0.395 e. The lowest BCUT2D eigenvalue weighted by molar-refractivity contribution is 0.0639. The van der Waals surface area contributed by atoms with Crippen LogP contribution in [0.5, 0.6) is 0 Å². The second kappa shape index (κ2) is 9.19. The molecule has 1 spiro atoms. The van der Waals surface area contributed by atoms with E-state index < -0.39 is 0 Å². The van der Waals surface area contributed by atoms with E-state index in [0.29, 0.717) is 25.2 Å². The van der Waals surface area contributed by atoms with Crippen molar-refractivity contribution in [2.75, 3.05) is 37.7 Å². The summed E-state index contributed by atoms with van der Waals surface area (Å²) in [4.78, 5) is 19.8. The van der Waals surface area contributed by atoms with E-state index in [4.69, 9.17) is 0 Å². The predicted molar refractivity (Wildman–Crippen MR) is 129 cm³/mol. The molecule has 3 heterocycles. The monoisotopic (exact) mass is 463 g/mol. The number of urea groups is 1. The number of piperidine rings is 1. The Kier molecular flexibility index (Phi) is 6.10. The van der Waals surface area contributed by atoms with Gasteiger partial charge in [0.2, 0.25) is 0 Å². The van der Waals surface area contributed by atoms with E-state index in [0.717, 1.165) is 48.3 Å². The standard InChI is InChI=1S/C26H30FN5O2/c1-19-21(3-2-4-24(19)27)17-32-25(34)31(18-26(32)9-11-30(12-10-26)13-14-33)23-7-5-20(6-8-23)22-15-28-29-16-22/h2-8,15-16,33H,9-14,17-18H2,1H3,(H,28,29). The molecule has 7 nitrogen and oxygen atoms in total. The number of aromatic amines is 1. The third-order valence-electron chi connectivity index (χ3n) is 7.41. The number of benzene rings is 2. The fraction of sp³-hybridized carbons (Fsp3) is 0.385. The summed E-state index contributed by atoms with van der Waals surface area (Å²) in [6.07, 6.45) is 5.25. The molecule has 0 radical (unpaired) electrons. The molecule has 1 aromatic heterocycles. The summed E-state index contributed by atoms with van der Waals surface area (Å²) in [5.41, 5.74) is 3.98. The number of nitrogens with one attached hydrogen (secondary N) is 1. The first-order chi connectivity index (χ1) is 16.5. The van der Waals surface area contributed by atoms with E-state index in [9.17, 15) is 14.3 Å². The van der Waals surface area contributed by atoms with E-state index in [2.05, 4.69) is 15.1 Å². The van der Waals surface area contributed by atoms with Crippen molar-refractivity contribution in [1.82, 2.24) is 20.0 Å². The van der Waals surface area contributed by atoms with Crippen molar-refractivity contribution in [3.8, 4) is 11.1 Å². The van der Waals surface area contributed by atoms with Crippen LogP contribution in [0.3, 0.4) is 0 Å². The first kappa shape index (κ1) is 22.6. The Bertz CT molecular complexity index is 1140. The number of aromatic nitrogens is 2. The van der Waals surface area contributed by atoms with Gasteiger partial charge in [0.1, 0.15) is 5.82 Å². The summed E-state index contributed by atoms with van der Waals surface area (Å²) in [5, 5.41) is 16.2. The molecule has 0 bridgehead atoms. The van der Waals surface area contributed by atoms with E-state index in [-0.39, 0.29) is 24.0 Å². The van der Waals surface area contributed by atoms with Crippen LogP contribution >= 0.6 is 0 Å². The zero-order valence-electron chi connectivity index (χ0n) is 19.4. The second-order valence-electron chi connectivity index (χ2n) is 9.30. The number of carbonyl (C=O) groups excluding carboxylic acids is 1. The fourth-order valence-corrected chi connectivity index (χ4v) is 5.23. The summed E-state index contributed by atoms with van der Waals surface area (Å²) in [5.74, 6) is -0.248. The van der Waals surface area contributed by atoms with Crippen molar-refractivity contribution < 1.29 is 14.3 Å². The maximum Gasteiger partial charge on any atom is 0.325 e. The molecule has 178 valence electrons. The molecule has 2 N–H and O–H groups in total. The van der Waals surface area contributed by atoms with Crippen LogP contribution < -0.4 is 4.90 Å². The van der Waals surface area contributed by atoms with Crippen LogP contribution in [0.1, 0.15) is 24.0 Å². The van der Waals surface area contributed by atoms with Gasteiger partial charge in [-0.3, -0.25) is 10.00 Å². The summed E-state index contributed by atoms with van der Waals surface area (Å²) in [7, 11) is 0. The van der Waals surface area contributed by atoms with Gasteiger partial charge in [0, 0.05) is 43.6 Å². The number of aliphatic hydroxyl groups excluding tert-OH is 1. The second-order valence-corrected chi connectivity index (χ2v) is 9.30. The molecular formula is C26H30FN5O2. The Morgan fingerprint density at radius 2 is 1.88 bits per heavy atom. The minimum absolute atomic E-state index is 0.0460. The average molecular weight is 464 g/mol. The van der Waals surface area contributed by atoms with Crippen LogP contribution in [-0.2, 0) is 6.54 Å². The molecule has 0 aliphatic carbocycles. The van der Waals surface area contributed by atoms with Crippen LogP contribution in [0.4, 0.5) is 14.9 Å². The molecule has 2 aromatic carbocycles. The average Bonchev–Trinajstić information content (AvgIpc) is 3.47. The number of aliphatic hydroxyl groups is 1. The Morgan fingerprint density at radius 1 is 1.12 bits per heavy atom. The number of anilines is 1. The first-order valence-corrected chi connectivity index (χ1v) is 11.8. The summed E-state index contributed by atoms with van der Waals surface area (Å²) in [6.45, 7) is 5.16. The summed E-state index contributed by atoms with van der Waals surface area (Å²) in [6, 6.07) is 13.0. The largest absolute Gasteiger partial charge is 0.395 e. The lowest BCUT2D eigenvalue weighted by Gasteiger charge is -2.43. The van der Waals surface area contributed by atoms with Gasteiger partial charge in [-0.25, -0.2) is 9.18 Å². The van der Waals surface area contributed by atoms with Crippen LogP contribution in [0.15, 0.2) is 54.9 Å². The number of likely N-dealkylation sites (tertiary alicyclic amines) is 1. The van der Waals surface area contributed by atoms with Crippen LogP contribution in [-0.4, -0.2) is 69.5 Å². The first-order valence-electron chi connectivity index (χ1n) is 11.8. The molecule has 5 rings (SSSR count). The number of β-amino-alcohol motifs (C(OH)–C–C–N with tert-alkyl or cyclic N) is 1. The zero-order chi connectivity index (χ0) is 23.7. The van der Waals surface area contributed by atoms with Crippen molar-refractivity contribution in [3.05, 3.63) is 71.8 Å². The highest BCUT2D eigenvalue weighted by Crippen LogP contribution is 2.40. The van der Waals surface area contributed by atoms with Crippen LogP contribution in [0, 0.1) is 12.7 Å². The molecular weight excluding hydrogens is 433 g/mol. The van der Waals surface area contributed by atoms with Crippen molar-refractivity contribution in [3.63, 3.8) is 0 Å². The Labute approximate surface area is 198 Å². The summed E-state index contributed by atoms with van der Waals surface area (Å²) < 4.78 is 14.3. The molecule has 34 heavy (non-hydrogen) atoms. The Morgan fingerprint density at radius 3 is 2.56 bits per heavy atom. The van der Waals surface area contributed by atoms with Gasteiger partial charge < -0.3 is 14.9 Å². The molecule has 0 atom stereocenters. The third kappa shape index (κ3) is 4.08. The van der Waals surface area contributed by atoms with Crippen LogP contribution in [0.25, 0.3) is 11.1 Å². The van der Waals surface area contributed by atoms with Gasteiger partial charge in [0.25, 0.3) is 0 Å². The molecule has 2 saturated heterocycles. The van der Waals surface area contributed by atoms with Gasteiger partial charge in [-0.05, 0) is 54.7 Å². The van der Waals surface area contributed by atoms with Gasteiger partial charge in [0.05, 0.1) is 24.9 Å². The third-order valence-corrected chi connectivity index (χ3v) is 7.41. The van der Waals surface area contributed by atoms with Crippen LogP contribution in [0.2, 0.25) is 0 Å². The number of H-pyrrole nitrogens is 1. The SMILES string of the molecule is Cc1c(F)cccc1CN1C(=O)N(c2ccc(-c3cn[nH]c3)cc2)CC12CCN(CCO)CC2. The van der Waals surface area contributed by atoms with Gasteiger partial charge in [-0.2, -0.15) is 5.10 Å². The Balaban J connectivity index is 1.44. The normalized spacial score (nSPS) is 18.3. The van der Waals surface area contributed by atoms with Crippen molar-refractivity contribution in [2.24, 2.45) is 0 Å². The maximum absolute atomic E-state index is 14.3. The van der Waals surface area contributed by atoms with Crippen molar-refractivity contribution >= 4 is 11.7 Å². The molecule has 0 saturated carbocycles. The van der Waals surface area contributed by atoms with E-state index in [1.54, 1.807) is 19.2 Å². The predicted octanol–water partition coefficient (Wildman–Crippen LogP) is 3.79. The van der Waals surface area contributed by atoms with E-state index in [1.807, 2.05) is 46.3 Å². The lowest BCUT2D eigenvalue weighted by Crippen LogP contribution is -2.54. The number of hydrogen-bond donors (Lipinski definition) is 2. The van der Waals surface area contributed by atoms with Gasteiger partial charge in [-0.15, -0.1) is 0 Å². The molecule has 3 aromatic rings. The van der Waals surface area contributed by atoms with E-state index in [1.165, 1.54) is 6.07 Å². The fourth-order valence-electron chi connectivity index (χ4n) is 5.23. The van der Waals surface area contributed by atoms with Crippen molar-refractivity contribution in [1.29, 1.82) is 0 Å². The highest BCUT2D eigenvalue weighted by Gasteiger charge is 2.51. The zero-order valence-corrected chi connectivity index (χ0v) is 19.4. The number of hydrogen-bond acceptors (Lipinski definition) is 4. The number of halogens is 1. The molecule has 2 aliphatic heterocycles. The summed E-state index contributed by atoms with van der Waals surface area (Å²) >= 11 is 0. The Hall–Kier alpha value is -3.23. The number of amides is 2. The van der Waals surface area contributed by atoms with Gasteiger partial charge >= 0.3 is 6.03 Å². The van der Waals surface area contributed by atoms with E-state index >= 15 is 0 Å². The molecule has 2 aliphatic rings. The number of rotatable bonds is 6. The number of nitrogens with zero attached hydrogens (tertiary/aromatic N) is 4. The lowest BCUT2D eigenvalue weighted by atomic mass is 9.86. The molecule has 2 fully saturated rings. The maximum atomic E-state index is 14.3.